The average molecular weight is 368 g/mol. The summed E-state index contributed by atoms with van der Waals surface area (Å²) in [6.07, 6.45) is 2.35. The molecule has 1 aliphatic heterocycles. The topological polar surface area (TPSA) is 66.6 Å². The van der Waals surface area contributed by atoms with Crippen molar-refractivity contribution in [2.24, 2.45) is 0 Å². The average Bonchev–Trinajstić information content (AvgIpc) is 3.21. The summed E-state index contributed by atoms with van der Waals surface area (Å²) in [7, 11) is 1.89. The molecule has 1 saturated carbocycles. The summed E-state index contributed by atoms with van der Waals surface area (Å²) in [6.45, 7) is 3.61. The van der Waals surface area contributed by atoms with Gasteiger partial charge in [-0.05, 0) is 48.9 Å². The molecule has 1 saturated heterocycles. The van der Waals surface area contributed by atoms with Gasteiger partial charge in [-0.3, -0.25) is 4.79 Å². The maximum absolute atomic E-state index is 12.6. The standard InChI is InChI=1S/C18H20N6OS/c1-11-7-14(26-10-11)18(25)22(2)13-8-23(9-13)16-6-5-15-19-20-17(12-3-4-12)24(15)21-16/h5-7,10,12-13H,3-4,8-9H2,1-2H3. The van der Waals surface area contributed by atoms with Gasteiger partial charge in [0.25, 0.3) is 5.91 Å². The molecule has 8 heteroatoms. The molecule has 3 aromatic heterocycles. The highest BCUT2D eigenvalue weighted by atomic mass is 32.1. The van der Waals surface area contributed by atoms with Gasteiger partial charge >= 0.3 is 0 Å². The molecule has 0 N–H and O–H groups in total. The summed E-state index contributed by atoms with van der Waals surface area (Å²) in [5, 5.41) is 15.2. The lowest BCUT2D eigenvalue weighted by atomic mass is 10.1. The highest BCUT2D eigenvalue weighted by molar-refractivity contribution is 7.12. The molecule has 4 heterocycles. The van der Waals surface area contributed by atoms with E-state index in [4.69, 9.17) is 5.10 Å². The number of rotatable bonds is 4. The summed E-state index contributed by atoms with van der Waals surface area (Å²) >= 11 is 1.51. The molecule has 2 fully saturated rings. The van der Waals surface area contributed by atoms with Gasteiger partial charge in [0.15, 0.2) is 11.5 Å². The summed E-state index contributed by atoms with van der Waals surface area (Å²) in [5.74, 6) is 2.50. The lowest BCUT2D eigenvalue weighted by Crippen LogP contribution is -2.60. The molecule has 1 amide bonds. The fraction of sp³-hybridized carbons (Fsp3) is 0.444. The summed E-state index contributed by atoms with van der Waals surface area (Å²) < 4.78 is 1.88. The molecule has 134 valence electrons. The molecular weight excluding hydrogens is 348 g/mol. The molecular formula is C18H20N6OS. The third-order valence-corrected chi connectivity index (χ3v) is 6.25. The van der Waals surface area contributed by atoms with Crippen LogP contribution in [-0.2, 0) is 0 Å². The predicted molar refractivity (Wildman–Crippen MR) is 99.9 cm³/mol. The summed E-state index contributed by atoms with van der Waals surface area (Å²) in [5.41, 5.74) is 1.94. The van der Waals surface area contributed by atoms with Crippen LogP contribution in [0.3, 0.4) is 0 Å². The van der Waals surface area contributed by atoms with Crippen molar-refractivity contribution in [3.63, 3.8) is 0 Å². The van der Waals surface area contributed by atoms with Crippen molar-refractivity contribution >= 4 is 28.7 Å². The van der Waals surface area contributed by atoms with E-state index in [1.807, 2.05) is 47.0 Å². The zero-order chi connectivity index (χ0) is 17.8. The third-order valence-electron chi connectivity index (χ3n) is 5.21. The van der Waals surface area contributed by atoms with E-state index in [2.05, 4.69) is 15.1 Å². The van der Waals surface area contributed by atoms with Gasteiger partial charge in [0.2, 0.25) is 0 Å². The van der Waals surface area contributed by atoms with Gasteiger partial charge in [0, 0.05) is 26.1 Å². The Morgan fingerprint density at radius 2 is 2.08 bits per heavy atom. The minimum atomic E-state index is 0.103. The van der Waals surface area contributed by atoms with Crippen LogP contribution < -0.4 is 4.90 Å². The first-order valence-electron chi connectivity index (χ1n) is 8.90. The third kappa shape index (κ3) is 2.56. The number of amides is 1. The van der Waals surface area contributed by atoms with Crippen LogP contribution in [0.1, 0.15) is 39.8 Å². The molecule has 0 atom stereocenters. The first-order valence-corrected chi connectivity index (χ1v) is 9.78. The Kier molecular flexibility index (Phi) is 3.49. The quantitative estimate of drug-likeness (QED) is 0.707. The first kappa shape index (κ1) is 15.7. The van der Waals surface area contributed by atoms with Gasteiger partial charge in [-0.1, -0.05) is 0 Å². The second-order valence-electron chi connectivity index (χ2n) is 7.26. The van der Waals surface area contributed by atoms with Gasteiger partial charge in [0.1, 0.15) is 5.82 Å². The van der Waals surface area contributed by atoms with E-state index in [0.717, 1.165) is 40.8 Å². The van der Waals surface area contributed by atoms with E-state index < -0.39 is 0 Å². The number of fused-ring (bicyclic) bond motifs is 1. The second-order valence-corrected chi connectivity index (χ2v) is 8.17. The molecule has 1 aliphatic carbocycles. The summed E-state index contributed by atoms with van der Waals surface area (Å²) in [6, 6.07) is 6.13. The molecule has 0 spiro atoms. The Morgan fingerprint density at radius 3 is 2.77 bits per heavy atom. The largest absolute Gasteiger partial charge is 0.351 e. The lowest BCUT2D eigenvalue weighted by Gasteiger charge is -2.44. The number of hydrogen-bond acceptors (Lipinski definition) is 6. The number of thiophene rings is 1. The van der Waals surface area contributed by atoms with Gasteiger partial charge in [0.05, 0.1) is 10.9 Å². The molecule has 5 rings (SSSR count). The maximum Gasteiger partial charge on any atom is 0.264 e. The molecule has 0 aromatic carbocycles. The molecule has 0 radical (unpaired) electrons. The van der Waals surface area contributed by atoms with Gasteiger partial charge in [-0.15, -0.1) is 26.6 Å². The van der Waals surface area contributed by atoms with Crippen molar-refractivity contribution in [1.29, 1.82) is 0 Å². The van der Waals surface area contributed by atoms with Crippen molar-refractivity contribution in [2.45, 2.75) is 31.7 Å². The van der Waals surface area contributed by atoms with Gasteiger partial charge < -0.3 is 9.80 Å². The van der Waals surface area contributed by atoms with Crippen LogP contribution in [0.15, 0.2) is 23.6 Å². The Bertz CT molecular complexity index is 985. The minimum absolute atomic E-state index is 0.103. The van der Waals surface area contributed by atoms with E-state index in [-0.39, 0.29) is 11.9 Å². The normalized spacial score (nSPS) is 17.5. The van der Waals surface area contributed by atoms with Gasteiger partial charge in [-0.25, -0.2) is 0 Å². The van der Waals surface area contributed by atoms with Crippen molar-refractivity contribution in [3.05, 3.63) is 39.8 Å². The van der Waals surface area contributed by atoms with E-state index in [1.165, 1.54) is 24.2 Å². The monoisotopic (exact) mass is 368 g/mol. The van der Waals surface area contributed by atoms with E-state index in [9.17, 15) is 4.79 Å². The number of carbonyl (C=O) groups excluding carboxylic acids is 1. The SMILES string of the molecule is Cc1csc(C(=O)N(C)C2CN(c3ccc4nnc(C5CC5)n4n3)C2)c1. The smallest absolute Gasteiger partial charge is 0.264 e. The highest BCUT2D eigenvalue weighted by Crippen LogP contribution is 2.38. The predicted octanol–water partition coefficient (Wildman–Crippen LogP) is 2.33. The number of anilines is 1. The maximum atomic E-state index is 12.6. The number of aryl methyl sites for hydroxylation is 1. The van der Waals surface area contributed by atoms with Crippen molar-refractivity contribution in [1.82, 2.24) is 24.7 Å². The van der Waals surface area contributed by atoms with Crippen LogP contribution in [0.2, 0.25) is 0 Å². The minimum Gasteiger partial charge on any atom is -0.351 e. The van der Waals surface area contributed by atoms with Crippen LogP contribution in [0, 0.1) is 6.92 Å². The van der Waals surface area contributed by atoms with Crippen LogP contribution in [-0.4, -0.2) is 56.8 Å². The molecule has 2 aliphatic rings. The van der Waals surface area contributed by atoms with Crippen LogP contribution in [0.4, 0.5) is 5.82 Å². The number of likely N-dealkylation sites (N-methyl/N-ethyl adjacent to an activating group) is 1. The molecule has 26 heavy (non-hydrogen) atoms. The van der Waals surface area contributed by atoms with Crippen molar-refractivity contribution in [3.8, 4) is 0 Å². The number of aromatic nitrogens is 4. The Morgan fingerprint density at radius 1 is 1.27 bits per heavy atom. The van der Waals surface area contributed by atoms with Crippen molar-refractivity contribution < 1.29 is 4.79 Å². The number of nitrogens with zero attached hydrogens (tertiary/aromatic N) is 6. The highest BCUT2D eigenvalue weighted by Gasteiger charge is 2.35. The second kappa shape index (κ2) is 5.77. The molecule has 0 bridgehead atoms. The lowest BCUT2D eigenvalue weighted by molar-refractivity contribution is 0.0710. The molecule has 0 unspecified atom stereocenters. The van der Waals surface area contributed by atoms with Crippen LogP contribution in [0.5, 0.6) is 0 Å². The zero-order valence-corrected chi connectivity index (χ0v) is 15.6. The molecule has 7 nitrogen and oxygen atoms in total. The molecule has 3 aromatic rings. The Hall–Kier alpha value is -2.48. The van der Waals surface area contributed by atoms with Gasteiger partial charge in [-0.2, -0.15) is 4.52 Å². The Balaban J connectivity index is 1.29. The van der Waals surface area contributed by atoms with Crippen LogP contribution in [0.25, 0.3) is 5.65 Å². The Labute approximate surface area is 155 Å². The fourth-order valence-corrected chi connectivity index (χ4v) is 4.21. The summed E-state index contributed by atoms with van der Waals surface area (Å²) in [4.78, 5) is 17.4. The van der Waals surface area contributed by atoms with Crippen LogP contribution >= 0.6 is 11.3 Å². The number of hydrogen-bond donors (Lipinski definition) is 0. The number of carbonyl (C=O) groups is 1. The van der Waals surface area contributed by atoms with E-state index in [0.29, 0.717) is 5.92 Å². The van der Waals surface area contributed by atoms with Crippen molar-refractivity contribution in [2.75, 3.05) is 25.0 Å². The fourth-order valence-electron chi connectivity index (χ4n) is 3.33. The first-order chi connectivity index (χ1) is 12.6. The van der Waals surface area contributed by atoms with E-state index in [1.54, 1.807) is 0 Å². The zero-order valence-electron chi connectivity index (χ0n) is 14.8. The van der Waals surface area contributed by atoms with E-state index >= 15 is 0 Å².